The Bertz CT molecular complexity index is 562. The van der Waals surface area contributed by atoms with E-state index in [-0.39, 0.29) is 0 Å². The highest BCUT2D eigenvalue weighted by atomic mass is 19.4. The summed E-state index contributed by atoms with van der Waals surface area (Å²) in [6.07, 6.45) is -5.19. The Morgan fingerprint density at radius 3 is 2.33 bits per heavy atom. The SMILES string of the molecule is CC(=O)[C@@H]1[C@H](c2ccccc2)NC(=O)N[C@@]1(O)C(F)(F)F. The fraction of sp³-hybridized carbons (Fsp3) is 0.385. The predicted octanol–water partition coefficient (Wildman–Crippen LogP) is 1.50. The normalized spacial score (nSPS) is 29.5. The summed E-state index contributed by atoms with van der Waals surface area (Å²) in [6.45, 7) is 0.941. The third-order valence-corrected chi connectivity index (χ3v) is 3.40. The van der Waals surface area contributed by atoms with Gasteiger partial charge in [-0.2, -0.15) is 13.2 Å². The van der Waals surface area contributed by atoms with Crippen molar-refractivity contribution in [3.05, 3.63) is 35.9 Å². The molecular weight excluding hydrogens is 289 g/mol. The highest BCUT2D eigenvalue weighted by Crippen LogP contribution is 2.42. The molecule has 1 aliphatic heterocycles. The Balaban J connectivity index is 2.54. The number of alkyl halides is 3. The second-order valence-electron chi connectivity index (χ2n) is 4.84. The molecule has 3 N–H and O–H groups in total. The molecule has 0 spiro atoms. The molecule has 0 unspecified atom stereocenters. The molecule has 2 amide bonds. The molecule has 21 heavy (non-hydrogen) atoms. The predicted molar refractivity (Wildman–Crippen MR) is 66.0 cm³/mol. The van der Waals surface area contributed by atoms with E-state index in [1.165, 1.54) is 17.4 Å². The fourth-order valence-corrected chi connectivity index (χ4v) is 2.46. The number of hydrogen-bond donors (Lipinski definition) is 3. The van der Waals surface area contributed by atoms with Gasteiger partial charge in [-0.1, -0.05) is 30.3 Å². The number of carbonyl (C=O) groups is 2. The minimum atomic E-state index is -5.19. The summed E-state index contributed by atoms with van der Waals surface area (Å²) in [5, 5.41) is 13.6. The van der Waals surface area contributed by atoms with Crippen molar-refractivity contribution in [2.75, 3.05) is 0 Å². The van der Waals surface area contributed by atoms with Gasteiger partial charge >= 0.3 is 12.2 Å². The minimum Gasteiger partial charge on any atom is -0.363 e. The lowest BCUT2D eigenvalue weighted by Gasteiger charge is -2.44. The van der Waals surface area contributed by atoms with Crippen LogP contribution in [0.1, 0.15) is 18.5 Å². The quantitative estimate of drug-likeness (QED) is 0.774. The van der Waals surface area contributed by atoms with Gasteiger partial charge in [0.05, 0.1) is 12.0 Å². The zero-order valence-corrected chi connectivity index (χ0v) is 10.9. The van der Waals surface area contributed by atoms with Crippen LogP contribution in [0.5, 0.6) is 0 Å². The Labute approximate surface area is 118 Å². The number of rotatable bonds is 2. The van der Waals surface area contributed by atoms with Crippen LogP contribution < -0.4 is 10.6 Å². The standard InChI is InChI=1S/C13H13F3N2O3/c1-7(19)9-10(8-5-3-2-4-6-8)17-11(20)18-12(9,21)13(14,15)16/h2-6,9-10,21H,1H3,(H2,17,18,20)/t9-,10+,12+/m1/s1. The van der Waals surface area contributed by atoms with E-state index in [9.17, 15) is 27.9 Å². The van der Waals surface area contributed by atoms with Crippen LogP contribution in [-0.2, 0) is 4.79 Å². The smallest absolute Gasteiger partial charge is 0.363 e. The largest absolute Gasteiger partial charge is 0.437 e. The van der Waals surface area contributed by atoms with E-state index in [0.29, 0.717) is 5.56 Å². The van der Waals surface area contributed by atoms with Crippen molar-refractivity contribution in [2.45, 2.75) is 24.9 Å². The van der Waals surface area contributed by atoms with Gasteiger partial charge in [0, 0.05) is 0 Å². The fourth-order valence-electron chi connectivity index (χ4n) is 2.46. The first kappa shape index (κ1) is 15.3. The molecule has 1 aromatic carbocycles. The molecule has 1 fully saturated rings. The molecule has 1 saturated heterocycles. The van der Waals surface area contributed by atoms with Crippen molar-refractivity contribution in [3.63, 3.8) is 0 Å². The second-order valence-corrected chi connectivity index (χ2v) is 4.84. The van der Waals surface area contributed by atoms with E-state index >= 15 is 0 Å². The van der Waals surface area contributed by atoms with Crippen molar-refractivity contribution in [3.8, 4) is 0 Å². The molecule has 0 aliphatic carbocycles. The first-order chi connectivity index (χ1) is 9.67. The van der Waals surface area contributed by atoms with Gasteiger partial charge in [0.2, 0.25) is 5.72 Å². The maximum absolute atomic E-state index is 13.2. The van der Waals surface area contributed by atoms with Crippen molar-refractivity contribution < 1.29 is 27.9 Å². The monoisotopic (exact) mass is 302 g/mol. The molecule has 8 heteroatoms. The average molecular weight is 302 g/mol. The molecular formula is C13H13F3N2O3. The van der Waals surface area contributed by atoms with Crippen LogP contribution in [0, 0.1) is 5.92 Å². The zero-order valence-electron chi connectivity index (χ0n) is 10.9. The summed E-state index contributed by atoms with van der Waals surface area (Å²) >= 11 is 0. The molecule has 114 valence electrons. The highest BCUT2D eigenvalue weighted by molar-refractivity contribution is 5.86. The van der Waals surface area contributed by atoms with E-state index in [1.54, 1.807) is 18.2 Å². The van der Waals surface area contributed by atoms with E-state index in [2.05, 4.69) is 5.32 Å². The first-order valence-corrected chi connectivity index (χ1v) is 6.10. The molecule has 1 aliphatic rings. The number of hydrogen-bond acceptors (Lipinski definition) is 3. The summed E-state index contributed by atoms with van der Waals surface area (Å²) in [5.41, 5.74) is -3.31. The van der Waals surface area contributed by atoms with Gasteiger partial charge in [0.1, 0.15) is 5.78 Å². The zero-order chi connectivity index (χ0) is 15.8. The van der Waals surface area contributed by atoms with Crippen LogP contribution in [0.2, 0.25) is 0 Å². The van der Waals surface area contributed by atoms with E-state index < -0.39 is 35.7 Å². The number of nitrogens with one attached hydrogen (secondary N) is 2. The molecule has 5 nitrogen and oxygen atoms in total. The van der Waals surface area contributed by atoms with Gasteiger partial charge in [-0.15, -0.1) is 0 Å². The molecule has 3 atom stereocenters. The lowest BCUT2D eigenvalue weighted by Crippen LogP contribution is -2.72. The molecule has 1 aromatic rings. The van der Waals surface area contributed by atoms with Gasteiger partial charge in [-0.25, -0.2) is 4.79 Å². The Hall–Kier alpha value is -2.09. The number of halogens is 3. The van der Waals surface area contributed by atoms with Crippen molar-refractivity contribution >= 4 is 11.8 Å². The number of carbonyl (C=O) groups excluding carboxylic acids is 2. The average Bonchev–Trinajstić information content (AvgIpc) is 2.37. The van der Waals surface area contributed by atoms with Gasteiger partial charge in [-0.3, -0.25) is 4.79 Å². The van der Waals surface area contributed by atoms with Crippen molar-refractivity contribution in [1.82, 2.24) is 10.6 Å². The third-order valence-electron chi connectivity index (χ3n) is 3.40. The van der Waals surface area contributed by atoms with E-state index in [4.69, 9.17) is 0 Å². The molecule has 2 rings (SSSR count). The lowest BCUT2D eigenvalue weighted by molar-refractivity contribution is -0.290. The Kier molecular flexibility index (Phi) is 3.66. The van der Waals surface area contributed by atoms with Crippen molar-refractivity contribution in [1.29, 1.82) is 0 Å². The summed E-state index contributed by atoms with van der Waals surface area (Å²) in [4.78, 5) is 23.2. The topological polar surface area (TPSA) is 78.4 Å². The van der Waals surface area contributed by atoms with Gasteiger partial charge < -0.3 is 15.7 Å². The van der Waals surface area contributed by atoms with Crippen LogP contribution in [-0.4, -0.2) is 28.8 Å². The summed E-state index contributed by atoms with van der Waals surface area (Å²) in [7, 11) is 0. The number of ketones is 1. The highest BCUT2D eigenvalue weighted by Gasteiger charge is 2.65. The van der Waals surface area contributed by atoms with Crippen LogP contribution in [0.25, 0.3) is 0 Å². The number of aliphatic hydroxyl groups is 1. The number of Topliss-reactive ketones (excluding diaryl/α,β-unsaturated/α-hetero) is 1. The van der Waals surface area contributed by atoms with Crippen LogP contribution in [0.3, 0.4) is 0 Å². The lowest BCUT2D eigenvalue weighted by atomic mass is 9.79. The van der Waals surface area contributed by atoms with E-state index in [0.717, 1.165) is 6.92 Å². The maximum atomic E-state index is 13.2. The van der Waals surface area contributed by atoms with Crippen LogP contribution in [0.4, 0.5) is 18.0 Å². The Morgan fingerprint density at radius 1 is 1.29 bits per heavy atom. The summed E-state index contributed by atoms with van der Waals surface area (Å²) in [6, 6.07) is 5.25. The van der Waals surface area contributed by atoms with Gasteiger partial charge in [0.15, 0.2) is 0 Å². The van der Waals surface area contributed by atoms with Crippen LogP contribution >= 0.6 is 0 Å². The number of amides is 2. The summed E-state index contributed by atoms with van der Waals surface area (Å²) in [5.74, 6) is -2.78. The van der Waals surface area contributed by atoms with Gasteiger partial charge in [0.25, 0.3) is 0 Å². The molecule has 0 radical (unpaired) electrons. The van der Waals surface area contributed by atoms with Gasteiger partial charge in [-0.05, 0) is 12.5 Å². The van der Waals surface area contributed by atoms with Crippen LogP contribution in [0.15, 0.2) is 30.3 Å². The molecule has 0 aromatic heterocycles. The Morgan fingerprint density at radius 2 is 1.86 bits per heavy atom. The minimum absolute atomic E-state index is 0.301. The third kappa shape index (κ3) is 2.58. The number of urea groups is 1. The number of benzene rings is 1. The molecule has 0 bridgehead atoms. The second kappa shape index (κ2) is 5.03. The van der Waals surface area contributed by atoms with E-state index in [1.807, 2.05) is 0 Å². The van der Waals surface area contributed by atoms with Crippen molar-refractivity contribution in [2.24, 2.45) is 5.92 Å². The summed E-state index contributed by atoms with van der Waals surface area (Å²) < 4.78 is 39.5. The molecule has 1 heterocycles. The molecule has 0 saturated carbocycles. The first-order valence-electron chi connectivity index (χ1n) is 6.10. The maximum Gasteiger partial charge on any atom is 0.437 e.